The van der Waals surface area contributed by atoms with Crippen LogP contribution in [-0.2, 0) is 0 Å². The quantitative estimate of drug-likeness (QED) is 0.188. The minimum absolute atomic E-state index is 0.715. The summed E-state index contributed by atoms with van der Waals surface area (Å²) in [5.41, 5.74) is 0. The maximum absolute atomic E-state index is 2.67. The van der Waals surface area contributed by atoms with Crippen LogP contribution in [-0.4, -0.2) is 239 Å². The molecule has 8 heterocycles. The molecule has 0 aromatic carbocycles. The van der Waals surface area contributed by atoms with Gasteiger partial charge in [-0.25, -0.2) is 0 Å². The highest BCUT2D eigenvalue weighted by molar-refractivity contribution is 5.01. The van der Waals surface area contributed by atoms with Crippen molar-refractivity contribution in [2.75, 3.05) is 118 Å². The van der Waals surface area contributed by atoms with Crippen LogP contribution in [0.3, 0.4) is 0 Å². The van der Waals surface area contributed by atoms with E-state index in [2.05, 4.69) is 215 Å². The van der Waals surface area contributed by atoms with Crippen LogP contribution in [0.5, 0.6) is 0 Å². The predicted molar refractivity (Wildman–Crippen MR) is 336 cm³/mol. The Hall–Kier alpha value is -0.400. The summed E-state index contributed by atoms with van der Waals surface area (Å²) in [6, 6.07) is 9.05. The average molecular weight is 1070 g/mol. The van der Waals surface area contributed by atoms with Crippen LogP contribution in [0, 0.1) is 35.5 Å². The second-order valence-corrected chi connectivity index (χ2v) is 29.0. The molecule has 0 aromatic heterocycles. The Morgan fingerprint density at radius 1 is 0.237 bits per heavy atom. The zero-order valence-electron chi connectivity index (χ0n) is 55.8. The van der Waals surface area contributed by atoms with Gasteiger partial charge in [-0.3, -0.25) is 29.4 Å². The van der Waals surface area contributed by atoms with Gasteiger partial charge in [-0.1, -0.05) is 27.7 Å². The maximum atomic E-state index is 2.67. The fourth-order valence-corrected chi connectivity index (χ4v) is 13.9. The Bertz CT molecular complexity index is 1260. The summed E-state index contributed by atoms with van der Waals surface area (Å²) >= 11 is 0. The Morgan fingerprint density at radius 3 is 0.658 bits per heavy atom. The second kappa shape index (κ2) is 34.9. The van der Waals surface area contributed by atoms with Gasteiger partial charge in [0.2, 0.25) is 0 Å². The van der Waals surface area contributed by atoms with Crippen LogP contribution in [0.1, 0.15) is 205 Å². The van der Waals surface area contributed by atoms with E-state index in [-0.39, 0.29) is 0 Å². The van der Waals surface area contributed by atoms with Crippen molar-refractivity contribution < 1.29 is 0 Å². The first kappa shape index (κ1) is 69.9. The van der Waals surface area contributed by atoms with Crippen molar-refractivity contribution >= 4 is 0 Å². The monoisotopic (exact) mass is 1070 g/mol. The molecule has 0 aromatic rings. The zero-order valence-corrected chi connectivity index (χ0v) is 55.8. The molecule has 8 saturated heterocycles. The molecule has 0 N–H and O–H groups in total. The lowest BCUT2D eigenvalue weighted by Crippen LogP contribution is -2.50. The van der Waals surface area contributed by atoms with Crippen LogP contribution in [0.4, 0.5) is 0 Å². The van der Waals surface area contributed by atoms with E-state index < -0.39 is 0 Å². The fourth-order valence-electron chi connectivity index (χ4n) is 13.9. The van der Waals surface area contributed by atoms with Gasteiger partial charge in [0.25, 0.3) is 0 Å². The Kier molecular flexibility index (Phi) is 32.1. The van der Waals surface area contributed by atoms with Crippen molar-refractivity contribution in [2.45, 2.75) is 277 Å². The van der Waals surface area contributed by atoms with Crippen LogP contribution < -0.4 is 0 Å². The van der Waals surface area contributed by atoms with Gasteiger partial charge < -0.3 is 19.6 Å². The fraction of sp³-hybridized carbons (Fsp3) is 1.00. The van der Waals surface area contributed by atoms with Gasteiger partial charge >= 0.3 is 0 Å². The predicted octanol–water partition coefficient (Wildman–Crippen LogP) is 12.0. The molecular weight excluding hydrogens is 933 g/mol. The van der Waals surface area contributed by atoms with Crippen molar-refractivity contribution in [3.05, 3.63) is 0 Å². The first-order valence-corrected chi connectivity index (χ1v) is 33.0. The van der Waals surface area contributed by atoms with Gasteiger partial charge in [-0.2, -0.15) is 0 Å². The molecule has 2 atom stereocenters. The summed E-state index contributed by atoms with van der Waals surface area (Å²) in [4.78, 5) is 26.1. The Morgan fingerprint density at radius 2 is 0.461 bits per heavy atom. The highest BCUT2D eigenvalue weighted by atomic mass is 15.4. The lowest BCUT2D eigenvalue weighted by molar-refractivity contribution is 0.0849. The van der Waals surface area contributed by atoms with E-state index in [0.29, 0.717) is 12.1 Å². The molecule has 0 saturated carbocycles. The number of hydrogen-bond acceptors (Lipinski definition) is 10. The van der Waals surface area contributed by atoms with Gasteiger partial charge in [0, 0.05) is 151 Å². The molecule has 76 heavy (non-hydrogen) atoms. The molecule has 2 bridgehead atoms. The first-order valence-electron chi connectivity index (χ1n) is 33.0. The molecule has 0 spiro atoms. The summed E-state index contributed by atoms with van der Waals surface area (Å²) in [5.74, 6) is 5.67. The van der Waals surface area contributed by atoms with Gasteiger partial charge in [0.05, 0.1) is 0 Å². The molecule has 8 aliphatic rings. The van der Waals surface area contributed by atoms with Crippen molar-refractivity contribution in [2.24, 2.45) is 35.5 Å². The first-order chi connectivity index (χ1) is 35.6. The maximum Gasteiger partial charge on any atom is 0.0242 e. The molecule has 8 aliphatic heterocycles. The normalized spacial score (nSPS) is 27.0. The van der Waals surface area contributed by atoms with E-state index in [4.69, 9.17) is 0 Å². The molecule has 2 unspecified atom stereocenters. The van der Waals surface area contributed by atoms with Crippen molar-refractivity contribution in [3.63, 3.8) is 0 Å². The summed E-state index contributed by atoms with van der Waals surface area (Å²) < 4.78 is 0. The van der Waals surface area contributed by atoms with Crippen molar-refractivity contribution in [1.29, 1.82) is 0 Å². The third-order valence-electron chi connectivity index (χ3n) is 20.0. The topological polar surface area (TPSA) is 32.4 Å². The number of nitrogens with zero attached hydrogens (tertiary/aromatic N) is 10. The largest absolute Gasteiger partial charge is 0.301 e. The van der Waals surface area contributed by atoms with E-state index in [9.17, 15) is 0 Å². The summed E-state index contributed by atoms with van der Waals surface area (Å²) in [5, 5.41) is 0. The Balaban J connectivity index is 0.000000240. The van der Waals surface area contributed by atoms with Crippen LogP contribution in [0.2, 0.25) is 0 Å². The number of fused-ring (bicyclic) bond motifs is 3. The molecule has 8 fully saturated rings. The van der Waals surface area contributed by atoms with Crippen molar-refractivity contribution in [1.82, 2.24) is 49.0 Å². The SMILES string of the molecule is CC(C)C1CCN(C(C)C)CC1.CC(C)C1CCN(C(C)C)CC1.CC(C)N1CC2CC1CN2C(C)C.CC(C)N1CC2CN(C(C)C)CC2C1.CC(C)N1CCCN(C(C)C)CC1.CC(C)N1CCN(C(C)C)CC1. The standard InChI is InChI=1S/C12H24N2.C11H22N2.C11H24N2.2C11H23N.C10H22N2/c1-9(2)13-5-11-7-14(10(3)4)8-12(11)6-13;1-8(2)12-6-11-5-10(12)7-13(11)9(3)4;1-10(2)12-6-5-7-13(9-8-12)11(3)4;3*1-9(2)11-5-7-12(8-6-11)10(3)4/h9-12H,5-8H2,1-4H3;8-11H,5-7H2,1-4H3;10-11H,5-9H2,1-4H3;2*9-11H,5-8H2,1-4H3;9-10H,5-8H2,1-4H3. The van der Waals surface area contributed by atoms with E-state index in [0.717, 1.165) is 95.9 Å². The summed E-state index contributed by atoms with van der Waals surface area (Å²) in [7, 11) is 0. The number of piperazine rings is 2. The third-order valence-corrected chi connectivity index (χ3v) is 20.0. The minimum Gasteiger partial charge on any atom is -0.301 e. The van der Waals surface area contributed by atoms with Gasteiger partial charge in [-0.05, 0) is 252 Å². The van der Waals surface area contributed by atoms with Crippen LogP contribution in [0.15, 0.2) is 0 Å². The average Bonchev–Trinajstić information content (AvgIpc) is 4.14. The third kappa shape index (κ3) is 23.5. The highest BCUT2D eigenvalue weighted by Gasteiger charge is 2.45. The van der Waals surface area contributed by atoms with Gasteiger partial charge in [-0.15, -0.1) is 0 Å². The Labute approximate surface area is 477 Å². The van der Waals surface area contributed by atoms with E-state index in [1.165, 1.54) is 156 Å². The number of hydrogen-bond donors (Lipinski definition) is 0. The van der Waals surface area contributed by atoms with Crippen LogP contribution >= 0.6 is 0 Å². The number of piperidine rings is 2. The molecule has 0 amide bonds. The lowest BCUT2D eigenvalue weighted by atomic mass is 9.86. The highest BCUT2D eigenvalue weighted by Crippen LogP contribution is 2.34. The van der Waals surface area contributed by atoms with Gasteiger partial charge in [0.1, 0.15) is 0 Å². The van der Waals surface area contributed by atoms with E-state index in [1.54, 1.807) is 0 Å². The summed E-state index contributed by atoms with van der Waals surface area (Å²) in [6.07, 6.45) is 8.39. The molecule has 0 radical (unpaired) electrons. The summed E-state index contributed by atoms with van der Waals surface area (Å²) in [6.45, 7) is 78.8. The molecule has 8 rings (SSSR count). The smallest absolute Gasteiger partial charge is 0.0242 e. The molecular formula is C66H138N10. The minimum atomic E-state index is 0.715. The van der Waals surface area contributed by atoms with Crippen LogP contribution in [0.25, 0.3) is 0 Å². The zero-order chi connectivity index (χ0) is 57.1. The molecule has 10 heteroatoms. The number of likely N-dealkylation sites (tertiary alicyclic amines) is 6. The van der Waals surface area contributed by atoms with E-state index >= 15 is 0 Å². The van der Waals surface area contributed by atoms with E-state index in [1.807, 2.05) is 0 Å². The molecule has 10 nitrogen and oxygen atoms in total. The molecule has 452 valence electrons. The lowest BCUT2D eigenvalue weighted by Gasteiger charge is -2.38. The van der Waals surface area contributed by atoms with Gasteiger partial charge in [0.15, 0.2) is 0 Å². The number of rotatable bonds is 12. The second-order valence-electron chi connectivity index (χ2n) is 29.0. The van der Waals surface area contributed by atoms with Crippen molar-refractivity contribution in [3.8, 4) is 0 Å². The molecule has 0 aliphatic carbocycles.